The standard InChI is InChI=1S/C11H14N2O3/c1-10(2,3)16-9(15)13-8(14)5-6-11(13,4)7-12/h5-6H,1-4H3. The zero-order chi connectivity index (χ0) is 12.6. The van der Waals surface area contributed by atoms with E-state index in [-0.39, 0.29) is 0 Å². The van der Waals surface area contributed by atoms with Gasteiger partial charge in [-0.2, -0.15) is 5.26 Å². The molecule has 1 aliphatic rings. The molecule has 0 aromatic carbocycles. The van der Waals surface area contributed by atoms with Crippen molar-refractivity contribution < 1.29 is 14.3 Å². The van der Waals surface area contributed by atoms with Crippen molar-refractivity contribution in [2.24, 2.45) is 0 Å². The van der Waals surface area contributed by atoms with E-state index in [4.69, 9.17) is 10.00 Å². The predicted molar refractivity (Wildman–Crippen MR) is 56.2 cm³/mol. The third kappa shape index (κ3) is 2.22. The molecule has 1 heterocycles. The first-order valence-electron chi connectivity index (χ1n) is 4.87. The van der Waals surface area contributed by atoms with Crippen LogP contribution in [0.3, 0.4) is 0 Å². The topological polar surface area (TPSA) is 70.4 Å². The number of rotatable bonds is 0. The van der Waals surface area contributed by atoms with Gasteiger partial charge >= 0.3 is 6.09 Å². The van der Waals surface area contributed by atoms with Crippen LogP contribution in [-0.4, -0.2) is 28.0 Å². The zero-order valence-corrected chi connectivity index (χ0v) is 9.77. The van der Waals surface area contributed by atoms with E-state index in [0.29, 0.717) is 0 Å². The third-order valence-corrected chi connectivity index (χ3v) is 2.04. The Morgan fingerprint density at radius 3 is 2.56 bits per heavy atom. The summed E-state index contributed by atoms with van der Waals surface area (Å²) in [5, 5.41) is 8.96. The number of imide groups is 1. The average Bonchev–Trinajstić information content (AvgIpc) is 2.40. The highest BCUT2D eigenvalue weighted by molar-refractivity contribution is 6.03. The highest BCUT2D eigenvalue weighted by atomic mass is 16.6. The van der Waals surface area contributed by atoms with Crippen LogP contribution >= 0.6 is 0 Å². The SMILES string of the molecule is CC(C)(C)OC(=O)N1C(=O)C=CC1(C)C#N. The molecule has 2 amide bonds. The van der Waals surface area contributed by atoms with E-state index in [0.717, 1.165) is 4.90 Å². The molecule has 1 atom stereocenters. The molecule has 0 radical (unpaired) electrons. The molecular formula is C11H14N2O3. The monoisotopic (exact) mass is 222 g/mol. The van der Waals surface area contributed by atoms with E-state index < -0.39 is 23.1 Å². The Balaban J connectivity index is 2.93. The smallest absolute Gasteiger partial charge is 0.418 e. The van der Waals surface area contributed by atoms with E-state index in [9.17, 15) is 9.59 Å². The van der Waals surface area contributed by atoms with Crippen LogP contribution in [0, 0.1) is 11.3 Å². The Hall–Kier alpha value is -1.83. The summed E-state index contributed by atoms with van der Waals surface area (Å²) < 4.78 is 5.06. The van der Waals surface area contributed by atoms with Gasteiger partial charge in [0.05, 0.1) is 6.07 Å². The second kappa shape index (κ2) is 3.63. The molecule has 0 aromatic rings. The molecule has 0 saturated heterocycles. The van der Waals surface area contributed by atoms with Gasteiger partial charge in [-0.15, -0.1) is 0 Å². The summed E-state index contributed by atoms with van der Waals surface area (Å²) in [6.45, 7) is 6.58. The molecule has 0 bridgehead atoms. The maximum Gasteiger partial charge on any atom is 0.418 e. The Bertz CT molecular complexity index is 400. The summed E-state index contributed by atoms with van der Waals surface area (Å²) in [7, 11) is 0. The summed E-state index contributed by atoms with van der Waals surface area (Å²) in [6, 6.07) is 1.90. The van der Waals surface area contributed by atoms with Crippen molar-refractivity contribution in [2.75, 3.05) is 0 Å². The van der Waals surface area contributed by atoms with Crippen LogP contribution in [0.2, 0.25) is 0 Å². The fraction of sp³-hybridized carbons (Fsp3) is 0.545. The molecule has 0 fully saturated rings. The van der Waals surface area contributed by atoms with Crippen LogP contribution in [0.4, 0.5) is 4.79 Å². The van der Waals surface area contributed by atoms with E-state index in [1.807, 2.05) is 6.07 Å². The van der Waals surface area contributed by atoms with Gasteiger partial charge in [-0.1, -0.05) is 0 Å². The van der Waals surface area contributed by atoms with Gasteiger partial charge in [-0.25, -0.2) is 9.69 Å². The third-order valence-electron chi connectivity index (χ3n) is 2.04. The van der Waals surface area contributed by atoms with Crippen molar-refractivity contribution >= 4 is 12.0 Å². The van der Waals surface area contributed by atoms with Crippen LogP contribution in [-0.2, 0) is 9.53 Å². The molecule has 5 heteroatoms. The number of carbonyl (C=O) groups excluding carboxylic acids is 2. The molecule has 1 unspecified atom stereocenters. The van der Waals surface area contributed by atoms with Crippen molar-refractivity contribution in [2.45, 2.75) is 38.8 Å². The van der Waals surface area contributed by atoms with Gasteiger partial charge in [-0.3, -0.25) is 4.79 Å². The molecule has 1 aliphatic heterocycles. The second-order valence-corrected chi connectivity index (χ2v) is 4.75. The van der Waals surface area contributed by atoms with Crippen LogP contribution in [0.25, 0.3) is 0 Å². The molecule has 0 aliphatic carbocycles. The largest absolute Gasteiger partial charge is 0.443 e. The molecule has 0 aromatic heterocycles. The fourth-order valence-electron chi connectivity index (χ4n) is 1.29. The minimum Gasteiger partial charge on any atom is -0.443 e. The molecule has 1 rings (SSSR count). The molecule has 0 N–H and O–H groups in total. The number of hydrogen-bond donors (Lipinski definition) is 0. The number of nitriles is 1. The Morgan fingerprint density at radius 2 is 2.12 bits per heavy atom. The lowest BCUT2D eigenvalue weighted by molar-refractivity contribution is -0.126. The van der Waals surface area contributed by atoms with E-state index in [2.05, 4.69) is 0 Å². The van der Waals surface area contributed by atoms with Gasteiger partial charge in [0.15, 0.2) is 5.54 Å². The summed E-state index contributed by atoms with van der Waals surface area (Å²) in [6.07, 6.45) is 1.79. The van der Waals surface area contributed by atoms with E-state index in [1.54, 1.807) is 20.8 Å². The van der Waals surface area contributed by atoms with Crippen LogP contribution in [0.15, 0.2) is 12.2 Å². The van der Waals surface area contributed by atoms with Gasteiger partial charge in [0.25, 0.3) is 5.91 Å². The lowest BCUT2D eigenvalue weighted by Crippen LogP contribution is -2.48. The minimum atomic E-state index is -1.25. The first-order valence-corrected chi connectivity index (χ1v) is 4.87. The van der Waals surface area contributed by atoms with Gasteiger partial charge in [0.2, 0.25) is 0 Å². The zero-order valence-electron chi connectivity index (χ0n) is 9.77. The van der Waals surface area contributed by atoms with Crippen LogP contribution in [0.5, 0.6) is 0 Å². The first-order chi connectivity index (χ1) is 7.19. The highest BCUT2D eigenvalue weighted by Gasteiger charge is 2.43. The van der Waals surface area contributed by atoms with Crippen molar-refractivity contribution in [3.63, 3.8) is 0 Å². The molecular weight excluding hydrogens is 208 g/mol. The normalized spacial score (nSPS) is 24.4. The number of ether oxygens (including phenoxy) is 1. The summed E-state index contributed by atoms with van der Waals surface area (Å²) in [5.41, 5.74) is -1.95. The number of hydrogen-bond acceptors (Lipinski definition) is 4. The molecule has 86 valence electrons. The van der Waals surface area contributed by atoms with Crippen LogP contribution < -0.4 is 0 Å². The van der Waals surface area contributed by atoms with Gasteiger partial charge < -0.3 is 4.74 Å². The van der Waals surface area contributed by atoms with E-state index in [1.165, 1.54) is 19.1 Å². The highest BCUT2D eigenvalue weighted by Crippen LogP contribution is 2.25. The lowest BCUT2D eigenvalue weighted by atomic mass is 10.1. The Morgan fingerprint density at radius 1 is 1.56 bits per heavy atom. The lowest BCUT2D eigenvalue weighted by Gasteiger charge is -2.29. The van der Waals surface area contributed by atoms with Gasteiger partial charge in [-0.05, 0) is 33.8 Å². The van der Waals surface area contributed by atoms with Crippen molar-refractivity contribution in [1.82, 2.24) is 4.90 Å². The van der Waals surface area contributed by atoms with Crippen LogP contribution in [0.1, 0.15) is 27.7 Å². The van der Waals surface area contributed by atoms with Gasteiger partial charge in [0.1, 0.15) is 5.60 Å². The maximum atomic E-state index is 11.7. The second-order valence-electron chi connectivity index (χ2n) is 4.75. The Labute approximate surface area is 94.3 Å². The summed E-state index contributed by atoms with van der Waals surface area (Å²) >= 11 is 0. The predicted octanol–water partition coefficient (Wildman–Crippen LogP) is 1.60. The van der Waals surface area contributed by atoms with E-state index >= 15 is 0 Å². The Kier molecular flexibility index (Phi) is 2.78. The molecule has 0 spiro atoms. The molecule has 16 heavy (non-hydrogen) atoms. The number of carbonyl (C=O) groups is 2. The summed E-state index contributed by atoms with van der Waals surface area (Å²) in [5.74, 6) is -0.529. The minimum absolute atomic E-state index is 0.529. The molecule has 0 saturated carbocycles. The van der Waals surface area contributed by atoms with Crippen molar-refractivity contribution in [3.8, 4) is 6.07 Å². The van der Waals surface area contributed by atoms with Crippen molar-refractivity contribution in [1.29, 1.82) is 5.26 Å². The molecule has 5 nitrogen and oxygen atoms in total. The average molecular weight is 222 g/mol. The quantitative estimate of drug-likeness (QED) is 0.624. The first kappa shape index (κ1) is 12.2. The number of amides is 2. The summed E-state index contributed by atoms with van der Waals surface area (Å²) in [4.78, 5) is 24.0. The fourth-order valence-corrected chi connectivity index (χ4v) is 1.29. The van der Waals surface area contributed by atoms with Crippen molar-refractivity contribution in [3.05, 3.63) is 12.2 Å². The maximum absolute atomic E-state index is 11.7. The number of nitrogens with zero attached hydrogens (tertiary/aromatic N) is 2. The van der Waals surface area contributed by atoms with Gasteiger partial charge in [0, 0.05) is 6.08 Å².